The lowest BCUT2D eigenvalue weighted by molar-refractivity contribution is -0.884. The number of carboxylic acids is 1. The third-order valence-electron chi connectivity index (χ3n) is 3.71. The van der Waals surface area contributed by atoms with E-state index < -0.39 is 11.9 Å². The van der Waals surface area contributed by atoms with E-state index in [1.165, 1.54) is 18.7 Å². The van der Waals surface area contributed by atoms with Gasteiger partial charge in [0, 0.05) is 31.4 Å². The number of carbonyl (C=O) groups excluding carboxylic acids is 2. The Balaban J connectivity index is 1.85. The highest BCUT2D eigenvalue weighted by atomic mass is 16.4. The second kappa shape index (κ2) is 7.72. The monoisotopic (exact) mass is 303 g/mol. The number of nitrogens with one attached hydrogen (secondary N) is 2. The summed E-state index contributed by atoms with van der Waals surface area (Å²) in [5.74, 6) is -1.88. The molecule has 1 aromatic carbocycles. The van der Waals surface area contributed by atoms with Gasteiger partial charge in [-0.25, -0.2) is 0 Å². The fourth-order valence-corrected chi connectivity index (χ4v) is 2.37. The highest BCUT2D eigenvalue weighted by Gasteiger charge is 2.16. The molecule has 2 N–H and O–H groups in total. The summed E-state index contributed by atoms with van der Waals surface area (Å²) in [5.41, 5.74) is 1.84. The molecule has 1 fully saturated rings. The molecule has 1 heterocycles. The zero-order chi connectivity index (χ0) is 15.9. The minimum absolute atomic E-state index is 0.487. The van der Waals surface area contributed by atoms with Crippen molar-refractivity contribution >= 4 is 17.6 Å². The number of aliphatic carboxylic acids is 1. The number of quaternary nitrogens is 1. The standard InChI is InChI=1S/C16H21N3O3/c1-18-8-10-19(11-9-18)12-13-2-4-14(5-3-13)17-15(20)6-7-16(21)22/h2-7H,8-12H2,1H3,(H,17,20)(H,21,22)/b7-6+. The van der Waals surface area contributed by atoms with E-state index in [0.29, 0.717) is 11.8 Å². The van der Waals surface area contributed by atoms with Gasteiger partial charge in [0.25, 0.3) is 0 Å². The number of nitrogens with zero attached hydrogens (tertiary/aromatic N) is 1. The van der Waals surface area contributed by atoms with Crippen molar-refractivity contribution in [2.24, 2.45) is 0 Å². The molecule has 6 nitrogen and oxygen atoms in total. The average Bonchev–Trinajstić information content (AvgIpc) is 2.49. The SMILES string of the molecule is C[NH+]1CCN(Cc2ccc(NC(=O)/C=C/C(=O)[O-])cc2)CC1. The molecule has 0 saturated carbocycles. The zero-order valence-corrected chi connectivity index (χ0v) is 12.7. The van der Waals surface area contributed by atoms with Gasteiger partial charge in [-0.2, -0.15) is 0 Å². The quantitative estimate of drug-likeness (QED) is 0.633. The van der Waals surface area contributed by atoms with E-state index in [0.717, 1.165) is 25.7 Å². The smallest absolute Gasteiger partial charge is 0.248 e. The van der Waals surface area contributed by atoms with Gasteiger partial charge in [0.15, 0.2) is 0 Å². The van der Waals surface area contributed by atoms with Crippen molar-refractivity contribution in [1.82, 2.24) is 4.90 Å². The van der Waals surface area contributed by atoms with Crippen LogP contribution in [0.5, 0.6) is 0 Å². The molecule has 0 aliphatic carbocycles. The van der Waals surface area contributed by atoms with E-state index in [2.05, 4.69) is 17.3 Å². The molecule has 6 heteroatoms. The lowest BCUT2D eigenvalue weighted by atomic mass is 10.2. The van der Waals surface area contributed by atoms with Gasteiger partial charge in [-0.05, 0) is 23.8 Å². The van der Waals surface area contributed by atoms with E-state index >= 15 is 0 Å². The Morgan fingerprint density at radius 3 is 2.45 bits per heavy atom. The van der Waals surface area contributed by atoms with Crippen LogP contribution >= 0.6 is 0 Å². The third-order valence-corrected chi connectivity index (χ3v) is 3.71. The van der Waals surface area contributed by atoms with Crippen molar-refractivity contribution in [2.75, 3.05) is 38.5 Å². The van der Waals surface area contributed by atoms with Gasteiger partial charge in [-0.1, -0.05) is 12.1 Å². The molecule has 118 valence electrons. The summed E-state index contributed by atoms with van der Waals surface area (Å²) in [6, 6.07) is 7.59. The molecule has 0 atom stereocenters. The van der Waals surface area contributed by atoms with Gasteiger partial charge in [0.2, 0.25) is 5.91 Å². The number of hydrogen-bond donors (Lipinski definition) is 2. The summed E-state index contributed by atoms with van der Waals surface area (Å²) in [5, 5.41) is 12.8. The van der Waals surface area contributed by atoms with Crippen LogP contribution in [0.2, 0.25) is 0 Å². The van der Waals surface area contributed by atoms with Crippen molar-refractivity contribution in [1.29, 1.82) is 0 Å². The van der Waals surface area contributed by atoms with Crippen LogP contribution in [-0.2, 0) is 16.1 Å². The lowest BCUT2D eigenvalue weighted by Crippen LogP contribution is -3.11. The maximum atomic E-state index is 11.4. The minimum atomic E-state index is -1.39. The number of carbonyl (C=O) groups is 2. The van der Waals surface area contributed by atoms with Crippen molar-refractivity contribution in [3.63, 3.8) is 0 Å². The molecule has 0 radical (unpaired) electrons. The normalized spacial score (nSPS) is 16.8. The first-order valence-electron chi connectivity index (χ1n) is 7.35. The molecule has 1 aromatic rings. The van der Waals surface area contributed by atoms with Gasteiger partial charge >= 0.3 is 0 Å². The van der Waals surface area contributed by atoms with E-state index in [-0.39, 0.29) is 0 Å². The van der Waals surface area contributed by atoms with Crippen LogP contribution in [0.4, 0.5) is 5.69 Å². The maximum Gasteiger partial charge on any atom is 0.248 e. The average molecular weight is 303 g/mol. The Kier molecular flexibility index (Phi) is 5.68. The number of benzene rings is 1. The largest absolute Gasteiger partial charge is 0.545 e. The second-order valence-corrected chi connectivity index (χ2v) is 5.57. The fourth-order valence-electron chi connectivity index (χ4n) is 2.37. The highest BCUT2D eigenvalue weighted by Crippen LogP contribution is 2.11. The van der Waals surface area contributed by atoms with Crippen LogP contribution in [0.25, 0.3) is 0 Å². The summed E-state index contributed by atoms with van der Waals surface area (Å²) in [7, 11) is 2.21. The van der Waals surface area contributed by atoms with Crippen LogP contribution in [0, 0.1) is 0 Å². The van der Waals surface area contributed by atoms with E-state index in [1.54, 1.807) is 4.90 Å². The maximum absolute atomic E-state index is 11.4. The number of hydrogen-bond acceptors (Lipinski definition) is 4. The van der Waals surface area contributed by atoms with Gasteiger partial charge in [-0.3, -0.25) is 9.69 Å². The molecular weight excluding hydrogens is 282 g/mol. The fraction of sp³-hybridized carbons (Fsp3) is 0.375. The molecule has 1 aliphatic rings. The minimum Gasteiger partial charge on any atom is -0.545 e. The lowest BCUT2D eigenvalue weighted by Gasteiger charge is -2.29. The summed E-state index contributed by atoms with van der Waals surface area (Å²) < 4.78 is 0. The number of rotatable bonds is 5. The second-order valence-electron chi connectivity index (χ2n) is 5.57. The molecule has 1 saturated heterocycles. The Labute approximate surface area is 130 Å². The first kappa shape index (κ1) is 16.2. The van der Waals surface area contributed by atoms with Crippen LogP contribution in [0.1, 0.15) is 5.56 Å². The molecular formula is C16H21N3O3. The molecule has 1 amide bonds. The van der Waals surface area contributed by atoms with Crippen molar-refractivity contribution in [3.05, 3.63) is 42.0 Å². The molecule has 2 rings (SSSR count). The first-order valence-corrected chi connectivity index (χ1v) is 7.35. The van der Waals surface area contributed by atoms with E-state index in [9.17, 15) is 14.7 Å². The van der Waals surface area contributed by atoms with E-state index in [1.807, 2.05) is 24.3 Å². The summed E-state index contributed by atoms with van der Waals surface area (Å²) in [6.07, 6.45) is 1.65. The predicted molar refractivity (Wildman–Crippen MR) is 81.1 cm³/mol. The number of likely N-dealkylation sites (N-methyl/N-ethyl adjacent to an activating group) is 1. The topological polar surface area (TPSA) is 76.9 Å². The number of amides is 1. The van der Waals surface area contributed by atoms with Crippen LogP contribution in [-0.4, -0.2) is 50.0 Å². The molecule has 1 aliphatic heterocycles. The number of anilines is 1. The third kappa shape index (κ3) is 5.31. The Morgan fingerprint density at radius 2 is 1.86 bits per heavy atom. The van der Waals surface area contributed by atoms with Crippen molar-refractivity contribution in [3.8, 4) is 0 Å². The van der Waals surface area contributed by atoms with E-state index in [4.69, 9.17) is 0 Å². The Bertz CT molecular complexity index is 546. The zero-order valence-electron chi connectivity index (χ0n) is 12.7. The first-order chi connectivity index (χ1) is 10.5. The van der Waals surface area contributed by atoms with Gasteiger partial charge in [0.05, 0.1) is 26.1 Å². The van der Waals surface area contributed by atoms with Gasteiger partial charge in [-0.15, -0.1) is 0 Å². The molecule has 0 spiro atoms. The Hall–Kier alpha value is -2.18. The summed E-state index contributed by atoms with van der Waals surface area (Å²) in [6.45, 7) is 5.43. The molecule has 0 bridgehead atoms. The molecule has 22 heavy (non-hydrogen) atoms. The van der Waals surface area contributed by atoms with Crippen LogP contribution < -0.4 is 15.3 Å². The molecule has 0 unspecified atom stereocenters. The summed E-state index contributed by atoms with van der Waals surface area (Å²) in [4.78, 5) is 25.7. The molecule has 0 aromatic heterocycles. The number of carboxylic acid groups (broad SMARTS) is 1. The van der Waals surface area contributed by atoms with Crippen molar-refractivity contribution < 1.29 is 19.6 Å². The predicted octanol–water partition coefficient (Wildman–Crippen LogP) is -1.74. The van der Waals surface area contributed by atoms with Crippen LogP contribution in [0.3, 0.4) is 0 Å². The van der Waals surface area contributed by atoms with Crippen LogP contribution in [0.15, 0.2) is 36.4 Å². The van der Waals surface area contributed by atoms with Crippen molar-refractivity contribution in [2.45, 2.75) is 6.54 Å². The Morgan fingerprint density at radius 1 is 1.23 bits per heavy atom. The highest BCUT2D eigenvalue weighted by molar-refractivity contribution is 6.02. The van der Waals surface area contributed by atoms with Gasteiger partial charge < -0.3 is 20.1 Å². The number of piperazine rings is 1. The summed E-state index contributed by atoms with van der Waals surface area (Å²) >= 11 is 0. The van der Waals surface area contributed by atoms with Gasteiger partial charge in [0.1, 0.15) is 0 Å².